The number of benzene rings is 1. The van der Waals surface area contributed by atoms with E-state index in [-0.39, 0.29) is 40.9 Å². The van der Waals surface area contributed by atoms with Crippen LogP contribution in [0.5, 0.6) is 0 Å². The highest BCUT2D eigenvalue weighted by molar-refractivity contribution is 7.13. The van der Waals surface area contributed by atoms with Crippen molar-refractivity contribution in [2.24, 2.45) is 29.1 Å². The Bertz CT molecular complexity index is 1130. The van der Waals surface area contributed by atoms with Crippen molar-refractivity contribution in [1.82, 2.24) is 14.6 Å². The van der Waals surface area contributed by atoms with E-state index in [2.05, 4.69) is 32.1 Å². The van der Waals surface area contributed by atoms with Crippen LogP contribution in [0.3, 0.4) is 0 Å². The third kappa shape index (κ3) is 3.77. The Balaban J connectivity index is 1.11. The molecule has 2 heterocycles. The first-order chi connectivity index (χ1) is 16.6. The number of fused-ring (bicyclic) bond motifs is 1. The maximum atomic E-state index is 13.6. The average Bonchev–Trinajstić information content (AvgIpc) is 3.10. The summed E-state index contributed by atoms with van der Waals surface area (Å²) in [5, 5.41) is 7.48. The van der Waals surface area contributed by atoms with Crippen LogP contribution in [0, 0.1) is 36.0 Å². The Morgan fingerprint density at radius 1 is 1.09 bits per heavy atom. The quantitative estimate of drug-likeness (QED) is 0.437. The number of hydrogen-bond donors (Lipinski definition) is 2. The second kappa shape index (κ2) is 8.76. The van der Waals surface area contributed by atoms with Gasteiger partial charge in [-0.2, -0.15) is 4.37 Å². The van der Waals surface area contributed by atoms with Crippen molar-refractivity contribution in [3.05, 3.63) is 36.0 Å². The molecule has 2 aromatic rings. The number of carbonyl (C=O) groups excluding carboxylic acids is 2. The van der Waals surface area contributed by atoms with Crippen LogP contribution >= 0.6 is 11.5 Å². The van der Waals surface area contributed by atoms with E-state index in [4.69, 9.17) is 0 Å². The van der Waals surface area contributed by atoms with E-state index in [0.717, 1.165) is 53.7 Å². The van der Waals surface area contributed by atoms with Crippen LogP contribution < -0.4 is 10.6 Å². The Morgan fingerprint density at radius 2 is 1.82 bits per heavy atom. The summed E-state index contributed by atoms with van der Waals surface area (Å²) >= 11 is 1.46. The van der Waals surface area contributed by atoms with E-state index in [0.29, 0.717) is 6.54 Å². The summed E-state index contributed by atoms with van der Waals surface area (Å²) in [7, 11) is 0. The van der Waals surface area contributed by atoms with Crippen LogP contribution in [0.1, 0.15) is 44.2 Å². The molecule has 4 aliphatic rings. The van der Waals surface area contributed by atoms with Crippen molar-refractivity contribution in [2.75, 3.05) is 31.5 Å². The van der Waals surface area contributed by atoms with Crippen molar-refractivity contribution in [2.45, 2.75) is 45.4 Å². The molecule has 0 unspecified atom stereocenters. The maximum Gasteiger partial charge on any atom is 0.228 e. The monoisotopic (exact) mass is 478 g/mol. The van der Waals surface area contributed by atoms with Crippen molar-refractivity contribution in [1.29, 1.82) is 0 Å². The minimum Gasteiger partial charge on any atom is -0.356 e. The number of anilines is 1. The molecule has 1 aromatic heterocycles. The van der Waals surface area contributed by atoms with Gasteiger partial charge in [0.1, 0.15) is 0 Å². The van der Waals surface area contributed by atoms with Gasteiger partial charge in [0.15, 0.2) is 0 Å². The first-order valence-corrected chi connectivity index (χ1v) is 13.7. The molecule has 3 aliphatic carbocycles. The van der Waals surface area contributed by atoms with Crippen LogP contribution in [-0.4, -0.2) is 47.3 Å². The largest absolute Gasteiger partial charge is 0.356 e. The normalized spacial score (nSPS) is 28.7. The predicted octanol–water partition coefficient (Wildman–Crippen LogP) is 4.36. The Morgan fingerprint density at radius 3 is 2.56 bits per heavy atom. The molecule has 1 saturated heterocycles. The lowest BCUT2D eigenvalue weighted by molar-refractivity contribution is -0.132. The second-order valence-corrected chi connectivity index (χ2v) is 11.5. The van der Waals surface area contributed by atoms with Crippen LogP contribution in [-0.2, 0) is 9.59 Å². The summed E-state index contributed by atoms with van der Waals surface area (Å²) in [6.45, 7) is 6.28. The Labute approximate surface area is 205 Å². The summed E-state index contributed by atoms with van der Waals surface area (Å²) in [6.07, 6.45) is 11.5. The third-order valence-electron chi connectivity index (χ3n) is 8.77. The lowest BCUT2D eigenvalue weighted by Crippen LogP contribution is -2.42. The number of allylic oxidation sites excluding steroid dienone is 2. The first kappa shape index (κ1) is 22.2. The van der Waals surface area contributed by atoms with Gasteiger partial charge >= 0.3 is 0 Å². The van der Waals surface area contributed by atoms with E-state index in [1.807, 2.05) is 25.1 Å². The van der Waals surface area contributed by atoms with Gasteiger partial charge in [0, 0.05) is 17.6 Å². The number of aromatic nitrogens is 1. The predicted molar refractivity (Wildman–Crippen MR) is 136 cm³/mol. The van der Waals surface area contributed by atoms with E-state index >= 15 is 0 Å². The molecule has 2 saturated carbocycles. The lowest BCUT2D eigenvalue weighted by Gasteiger charge is -2.26. The molecule has 4 atom stereocenters. The van der Waals surface area contributed by atoms with Crippen molar-refractivity contribution in [3.8, 4) is 0 Å². The molecule has 3 fully saturated rings. The molecule has 34 heavy (non-hydrogen) atoms. The molecule has 7 heteroatoms. The number of unbranched alkanes of at least 4 members (excludes halogenated alkanes) is 1. The smallest absolute Gasteiger partial charge is 0.228 e. The Kier molecular flexibility index (Phi) is 5.72. The molecule has 0 radical (unpaired) electrons. The van der Waals surface area contributed by atoms with E-state index < -0.39 is 0 Å². The van der Waals surface area contributed by atoms with Crippen LogP contribution in [0.2, 0.25) is 0 Å². The summed E-state index contributed by atoms with van der Waals surface area (Å²) in [5.74, 6) is -0.121. The topological polar surface area (TPSA) is 74.3 Å². The first-order valence-electron chi connectivity index (χ1n) is 12.9. The van der Waals surface area contributed by atoms with Gasteiger partial charge in [-0.05, 0) is 112 Å². The molecule has 1 aliphatic heterocycles. The number of nitrogens with zero attached hydrogens (tertiary/aromatic N) is 2. The zero-order valence-corrected chi connectivity index (χ0v) is 20.7. The van der Waals surface area contributed by atoms with Crippen LogP contribution in [0.25, 0.3) is 10.1 Å². The number of hydrogen-bond acceptors (Lipinski definition) is 5. The molecule has 2 amide bonds. The van der Waals surface area contributed by atoms with Gasteiger partial charge in [0.25, 0.3) is 0 Å². The highest BCUT2D eigenvalue weighted by Crippen LogP contribution is 2.72. The fraction of sp³-hybridized carbons (Fsp3) is 0.593. The van der Waals surface area contributed by atoms with E-state index in [1.165, 1.54) is 37.5 Å². The number of likely N-dealkylation sites (tertiary alicyclic amines) is 1. The van der Waals surface area contributed by atoms with Gasteiger partial charge in [-0.25, -0.2) is 0 Å². The van der Waals surface area contributed by atoms with Crippen molar-refractivity contribution in [3.63, 3.8) is 0 Å². The second-order valence-electron chi connectivity index (χ2n) is 10.7. The zero-order valence-electron chi connectivity index (χ0n) is 19.9. The van der Waals surface area contributed by atoms with Gasteiger partial charge in [0.05, 0.1) is 22.2 Å². The minimum atomic E-state index is -0.291. The molecular weight excluding hydrogens is 444 g/mol. The van der Waals surface area contributed by atoms with Gasteiger partial charge < -0.3 is 15.5 Å². The highest BCUT2D eigenvalue weighted by atomic mass is 32.1. The van der Waals surface area contributed by atoms with E-state index in [1.54, 1.807) is 0 Å². The molecule has 2 bridgehead atoms. The number of rotatable bonds is 8. The van der Waals surface area contributed by atoms with E-state index in [9.17, 15) is 9.59 Å². The fourth-order valence-corrected chi connectivity index (χ4v) is 7.70. The van der Waals surface area contributed by atoms with Gasteiger partial charge in [-0.1, -0.05) is 12.2 Å². The lowest BCUT2D eigenvalue weighted by atomic mass is 9.81. The Hall–Kier alpha value is -2.25. The maximum absolute atomic E-state index is 13.6. The average molecular weight is 479 g/mol. The summed E-state index contributed by atoms with van der Waals surface area (Å²) < 4.78 is 5.49. The molecular formula is C27H34N4O2S. The highest BCUT2D eigenvalue weighted by Gasteiger charge is 2.69. The standard InChI is InChI=1S/C27H34N4O2S/c1-17-19-7-6-18(16-22(19)34-30-17)29-26(33)24-21-9-8-20(27(21)10-11-27)23(24)25(32)28-12-2-3-13-31-14-4-5-15-31/h6-9,16,20-21,23-24H,2-5,10-15H2,1H3,(H,28,32)(H,29,33)/t20-,21+,23-,24-/m1/s1. The van der Waals surface area contributed by atoms with Crippen molar-refractivity contribution < 1.29 is 9.59 Å². The molecule has 6 nitrogen and oxygen atoms in total. The van der Waals surface area contributed by atoms with Gasteiger partial charge in [-0.3, -0.25) is 9.59 Å². The zero-order chi connectivity index (χ0) is 23.3. The molecule has 2 N–H and O–H groups in total. The number of amides is 2. The third-order valence-corrected chi connectivity index (χ3v) is 9.67. The molecule has 1 aromatic carbocycles. The SMILES string of the molecule is Cc1nsc2cc(NC(=O)[C@H]3[C@H](C(=O)NCCCCN4CCCC4)[C@H]4C=C[C@@H]3C43CC3)ccc12. The minimum absolute atomic E-state index is 0.0158. The molecule has 6 rings (SSSR count). The fourth-order valence-electron chi connectivity index (χ4n) is 6.87. The molecule has 1 spiro atoms. The summed E-state index contributed by atoms with van der Waals surface area (Å²) in [6, 6.07) is 5.98. The summed E-state index contributed by atoms with van der Waals surface area (Å²) in [5.41, 5.74) is 1.96. The van der Waals surface area contributed by atoms with Crippen LogP contribution in [0.15, 0.2) is 30.4 Å². The van der Waals surface area contributed by atoms with Gasteiger partial charge in [-0.15, -0.1) is 0 Å². The number of aryl methyl sites for hydroxylation is 1. The van der Waals surface area contributed by atoms with Crippen LogP contribution in [0.4, 0.5) is 5.69 Å². The summed E-state index contributed by atoms with van der Waals surface area (Å²) in [4.78, 5) is 29.4. The number of nitrogens with one attached hydrogen (secondary N) is 2. The van der Waals surface area contributed by atoms with Crippen molar-refractivity contribution >= 4 is 39.1 Å². The van der Waals surface area contributed by atoms with Gasteiger partial charge in [0.2, 0.25) is 11.8 Å². The number of carbonyl (C=O) groups is 2. The molecule has 180 valence electrons.